The minimum absolute atomic E-state index is 0.0661. The summed E-state index contributed by atoms with van der Waals surface area (Å²) in [5.41, 5.74) is 0.877. The van der Waals surface area contributed by atoms with Gasteiger partial charge in [-0.25, -0.2) is 9.37 Å². The van der Waals surface area contributed by atoms with Crippen LogP contribution in [0.3, 0.4) is 0 Å². The number of ketones is 1. The Labute approximate surface area is 194 Å². The number of aromatic nitrogens is 2. The van der Waals surface area contributed by atoms with Crippen molar-refractivity contribution in [1.29, 1.82) is 0 Å². The summed E-state index contributed by atoms with van der Waals surface area (Å²) in [6, 6.07) is 4.59. The highest BCUT2D eigenvalue weighted by molar-refractivity contribution is 7.99. The summed E-state index contributed by atoms with van der Waals surface area (Å²) in [5, 5.41) is 19.6. The van der Waals surface area contributed by atoms with E-state index in [1.807, 2.05) is 0 Å². The molecule has 0 saturated heterocycles. The highest BCUT2D eigenvalue weighted by atomic mass is 32.2. The Hall–Kier alpha value is -3.24. The Morgan fingerprint density at radius 1 is 1.24 bits per heavy atom. The molecule has 0 unspecified atom stereocenters. The number of carbonyl (C=O) groups is 2. The smallest absolute Gasteiger partial charge is 0.304 e. The van der Waals surface area contributed by atoms with Gasteiger partial charge in [0.15, 0.2) is 11.4 Å². The van der Waals surface area contributed by atoms with Crippen molar-refractivity contribution in [1.82, 2.24) is 9.38 Å². The van der Waals surface area contributed by atoms with Crippen LogP contribution in [0.5, 0.6) is 5.75 Å². The lowest BCUT2D eigenvalue weighted by Gasteiger charge is -2.11. The van der Waals surface area contributed by atoms with Crippen LogP contribution in [0.15, 0.2) is 40.2 Å². The number of aliphatic carboxylic acids is 1. The molecule has 0 radical (unpaired) electrons. The fourth-order valence-electron chi connectivity index (χ4n) is 4.06. The molecule has 2 N–H and O–H groups in total. The van der Waals surface area contributed by atoms with Gasteiger partial charge in [0.2, 0.25) is 0 Å². The molecule has 0 aliphatic heterocycles. The summed E-state index contributed by atoms with van der Waals surface area (Å²) in [6.07, 6.45) is 3.93. The number of hydrogen-bond donors (Lipinski definition) is 2. The summed E-state index contributed by atoms with van der Waals surface area (Å²) >= 11 is 2.67. The molecule has 0 amide bonds. The second-order valence-corrected chi connectivity index (χ2v) is 9.94. The van der Waals surface area contributed by atoms with Crippen LogP contribution < -0.4 is 5.56 Å². The standard InChI is InChI=1S/C23H17FN2O5S2/c24-12-4-5-15(27)14(9-12)20(30)11-8-17(32-7-6-18(28)29)21-25-22-19(23(31)26(21)10-11)13-2-1-3-16(13)33-22/h4-5,8-10,27H,1-3,6-7H2,(H,28,29). The summed E-state index contributed by atoms with van der Waals surface area (Å²) in [7, 11) is 0. The van der Waals surface area contributed by atoms with E-state index in [0.717, 1.165) is 47.9 Å². The van der Waals surface area contributed by atoms with Crippen LogP contribution in [0.25, 0.3) is 15.9 Å². The number of carbonyl (C=O) groups excluding carboxylic acids is 1. The number of rotatable bonds is 6. The number of phenols is 1. The molecule has 168 valence electrons. The minimum Gasteiger partial charge on any atom is -0.507 e. The molecule has 0 fully saturated rings. The average molecular weight is 485 g/mol. The molecule has 4 aromatic rings. The predicted octanol–water partition coefficient (Wildman–Crippen LogP) is 4.04. The Morgan fingerprint density at radius 3 is 2.85 bits per heavy atom. The van der Waals surface area contributed by atoms with Crippen molar-refractivity contribution < 1.29 is 24.2 Å². The van der Waals surface area contributed by atoms with Crippen molar-refractivity contribution >= 4 is 50.7 Å². The van der Waals surface area contributed by atoms with Crippen LogP contribution in [-0.4, -0.2) is 37.1 Å². The molecule has 3 aromatic heterocycles. The number of nitrogens with zero attached hydrogens (tertiary/aromatic N) is 2. The van der Waals surface area contributed by atoms with Gasteiger partial charge in [-0.05, 0) is 49.1 Å². The van der Waals surface area contributed by atoms with Crippen LogP contribution in [0.4, 0.5) is 4.39 Å². The average Bonchev–Trinajstić information content (AvgIpc) is 3.36. The number of benzene rings is 1. The van der Waals surface area contributed by atoms with Gasteiger partial charge in [0.25, 0.3) is 5.56 Å². The molecule has 1 aromatic carbocycles. The maximum atomic E-state index is 13.7. The number of thioether (sulfide) groups is 1. The largest absolute Gasteiger partial charge is 0.507 e. The third-order valence-corrected chi connectivity index (χ3v) is 7.79. The Kier molecular flexibility index (Phi) is 5.41. The van der Waals surface area contributed by atoms with Gasteiger partial charge < -0.3 is 10.2 Å². The SMILES string of the molecule is O=C(O)CCSc1cc(C(=O)c2cc(F)ccc2O)cn2c(=O)c3c4c(sc3nc12)CCC4. The van der Waals surface area contributed by atoms with E-state index in [4.69, 9.17) is 10.1 Å². The van der Waals surface area contributed by atoms with Gasteiger partial charge in [-0.2, -0.15) is 0 Å². The molecule has 1 aliphatic carbocycles. The summed E-state index contributed by atoms with van der Waals surface area (Å²) in [5.74, 6) is -2.47. The van der Waals surface area contributed by atoms with Crippen molar-refractivity contribution in [3.05, 3.63) is 68.2 Å². The number of pyridine rings is 1. The maximum Gasteiger partial charge on any atom is 0.304 e. The molecule has 0 bridgehead atoms. The zero-order valence-electron chi connectivity index (χ0n) is 17.1. The van der Waals surface area contributed by atoms with Crippen molar-refractivity contribution in [2.45, 2.75) is 30.6 Å². The normalized spacial score (nSPS) is 13.0. The van der Waals surface area contributed by atoms with Crippen LogP contribution in [0.1, 0.15) is 39.2 Å². The van der Waals surface area contributed by atoms with E-state index in [1.165, 1.54) is 39.8 Å². The molecule has 1 aliphatic rings. The number of hydrogen-bond acceptors (Lipinski definition) is 7. The van der Waals surface area contributed by atoms with E-state index in [0.29, 0.717) is 20.8 Å². The fraction of sp³-hybridized carbons (Fsp3) is 0.217. The highest BCUT2D eigenvalue weighted by Gasteiger charge is 2.24. The molecule has 0 saturated carbocycles. The number of carboxylic acid groups (broad SMARTS) is 1. The van der Waals surface area contributed by atoms with Crippen LogP contribution in [-0.2, 0) is 17.6 Å². The Morgan fingerprint density at radius 2 is 2.06 bits per heavy atom. The predicted molar refractivity (Wildman–Crippen MR) is 123 cm³/mol. The van der Waals surface area contributed by atoms with Gasteiger partial charge >= 0.3 is 5.97 Å². The number of aryl methyl sites for hydroxylation is 2. The fourth-order valence-corrected chi connectivity index (χ4v) is 6.29. The zero-order valence-corrected chi connectivity index (χ0v) is 18.8. The van der Waals surface area contributed by atoms with Gasteiger partial charge in [0, 0.05) is 22.4 Å². The molecule has 3 heterocycles. The number of fused-ring (bicyclic) bond motifs is 4. The van der Waals surface area contributed by atoms with E-state index in [9.17, 15) is 23.9 Å². The van der Waals surface area contributed by atoms with Crippen LogP contribution >= 0.6 is 23.1 Å². The van der Waals surface area contributed by atoms with Gasteiger partial charge in [-0.15, -0.1) is 23.1 Å². The maximum absolute atomic E-state index is 13.7. The molecule has 10 heteroatoms. The number of thiophene rings is 1. The van der Waals surface area contributed by atoms with Crippen molar-refractivity contribution in [3.63, 3.8) is 0 Å². The summed E-state index contributed by atoms with van der Waals surface area (Å²) in [4.78, 5) is 44.6. The van der Waals surface area contributed by atoms with Crippen molar-refractivity contribution in [3.8, 4) is 5.75 Å². The zero-order chi connectivity index (χ0) is 23.3. The third-order valence-electron chi connectivity index (χ3n) is 5.59. The van der Waals surface area contributed by atoms with E-state index in [2.05, 4.69) is 0 Å². The topological polar surface area (TPSA) is 109 Å². The number of aromatic hydroxyl groups is 1. The third kappa shape index (κ3) is 3.79. The minimum atomic E-state index is -0.967. The van der Waals surface area contributed by atoms with Crippen LogP contribution in [0.2, 0.25) is 0 Å². The quantitative estimate of drug-likeness (QED) is 0.314. The Bertz CT molecular complexity index is 1530. The van der Waals surface area contributed by atoms with Crippen molar-refractivity contribution in [2.75, 3.05) is 5.75 Å². The first-order valence-corrected chi connectivity index (χ1v) is 12.0. The lowest BCUT2D eigenvalue weighted by molar-refractivity contribution is -0.136. The lowest BCUT2D eigenvalue weighted by atomic mass is 10.0. The first-order valence-electron chi connectivity index (χ1n) is 10.2. The molecule has 7 nitrogen and oxygen atoms in total. The number of halogens is 1. The van der Waals surface area contributed by atoms with E-state index >= 15 is 0 Å². The first-order chi connectivity index (χ1) is 15.8. The Balaban J connectivity index is 1.73. The van der Waals surface area contributed by atoms with Gasteiger partial charge in [0.1, 0.15) is 16.4 Å². The molecule has 0 spiro atoms. The van der Waals surface area contributed by atoms with E-state index < -0.39 is 17.6 Å². The van der Waals surface area contributed by atoms with E-state index in [1.54, 1.807) is 0 Å². The molecule has 33 heavy (non-hydrogen) atoms. The number of carboxylic acids is 1. The second-order valence-electron chi connectivity index (χ2n) is 7.72. The number of phenolic OH excluding ortho intramolecular Hbond substituents is 1. The molecular weight excluding hydrogens is 467 g/mol. The molecule has 5 rings (SSSR count). The monoisotopic (exact) mass is 484 g/mol. The molecule has 0 atom stereocenters. The summed E-state index contributed by atoms with van der Waals surface area (Å²) < 4.78 is 15.0. The van der Waals surface area contributed by atoms with Gasteiger partial charge in [-0.1, -0.05) is 0 Å². The van der Waals surface area contributed by atoms with Crippen LogP contribution in [0, 0.1) is 5.82 Å². The first kappa shape index (κ1) is 21.6. The second kappa shape index (κ2) is 8.27. The van der Waals surface area contributed by atoms with Crippen molar-refractivity contribution in [2.24, 2.45) is 0 Å². The summed E-state index contributed by atoms with van der Waals surface area (Å²) in [6.45, 7) is 0. The molecular formula is C23H17FN2O5S2. The highest BCUT2D eigenvalue weighted by Crippen LogP contribution is 2.36. The van der Waals surface area contributed by atoms with Gasteiger partial charge in [-0.3, -0.25) is 18.8 Å². The van der Waals surface area contributed by atoms with Gasteiger partial charge in [0.05, 0.1) is 22.3 Å². The van der Waals surface area contributed by atoms with E-state index in [-0.39, 0.29) is 34.6 Å². The lowest BCUT2D eigenvalue weighted by Crippen LogP contribution is -2.18.